The number of imidazole rings is 1. The second kappa shape index (κ2) is 9.72. The van der Waals surface area contributed by atoms with E-state index in [-0.39, 0.29) is 11.9 Å². The van der Waals surface area contributed by atoms with Crippen molar-refractivity contribution < 1.29 is 4.79 Å². The fourth-order valence-corrected chi connectivity index (χ4v) is 5.45. The Bertz CT molecular complexity index is 1170. The van der Waals surface area contributed by atoms with Gasteiger partial charge in [-0.3, -0.25) is 19.1 Å². The van der Waals surface area contributed by atoms with E-state index in [0.717, 1.165) is 61.9 Å². The van der Waals surface area contributed by atoms with Crippen LogP contribution in [0.25, 0.3) is 5.65 Å². The number of hydrogen-bond acceptors (Lipinski definition) is 6. The number of hydrogen-bond donors (Lipinski definition) is 1. The monoisotopic (exact) mass is 461 g/mol. The molecule has 2 N–H and O–H groups in total. The molecule has 8 nitrogen and oxygen atoms in total. The zero-order valence-electron chi connectivity index (χ0n) is 20.3. The Hall–Kier alpha value is -2.97. The van der Waals surface area contributed by atoms with Crippen LogP contribution in [0.4, 0.5) is 5.82 Å². The Labute approximate surface area is 201 Å². The van der Waals surface area contributed by atoms with Gasteiger partial charge in [0.1, 0.15) is 11.5 Å². The van der Waals surface area contributed by atoms with Crippen LogP contribution in [0.15, 0.2) is 36.5 Å². The molecule has 0 spiro atoms. The molecule has 1 fully saturated rings. The Morgan fingerprint density at radius 1 is 1.18 bits per heavy atom. The van der Waals surface area contributed by atoms with E-state index in [2.05, 4.69) is 57.5 Å². The van der Waals surface area contributed by atoms with E-state index in [9.17, 15) is 4.79 Å². The highest BCUT2D eigenvalue weighted by Gasteiger charge is 2.27. The number of carbonyl (C=O) groups is 1. The first kappa shape index (κ1) is 22.8. The summed E-state index contributed by atoms with van der Waals surface area (Å²) in [6.45, 7) is 4.72. The molecule has 3 aromatic heterocycles. The lowest BCUT2D eigenvalue weighted by Gasteiger charge is -2.34. The number of piperazine rings is 1. The number of aromatic nitrogens is 3. The van der Waals surface area contributed by atoms with Crippen LogP contribution in [0.5, 0.6) is 0 Å². The first-order valence-electron chi connectivity index (χ1n) is 12.4. The number of fused-ring (bicyclic) bond motifs is 2. The zero-order chi connectivity index (χ0) is 23.7. The van der Waals surface area contributed by atoms with Crippen molar-refractivity contribution in [2.75, 3.05) is 45.2 Å². The van der Waals surface area contributed by atoms with Gasteiger partial charge in [-0.15, -0.1) is 0 Å². The van der Waals surface area contributed by atoms with Crippen molar-refractivity contribution in [2.45, 2.75) is 44.7 Å². The van der Waals surface area contributed by atoms with Gasteiger partial charge in [0.2, 0.25) is 5.91 Å². The number of likely N-dealkylation sites (N-methyl/N-ethyl adjacent to an activating group) is 1. The molecule has 0 bridgehead atoms. The molecule has 1 amide bonds. The van der Waals surface area contributed by atoms with E-state index in [1.807, 2.05) is 12.3 Å². The van der Waals surface area contributed by atoms with Crippen LogP contribution in [0, 0.1) is 0 Å². The summed E-state index contributed by atoms with van der Waals surface area (Å²) < 4.78 is 2.25. The molecule has 4 heterocycles. The average molecular weight is 462 g/mol. The summed E-state index contributed by atoms with van der Waals surface area (Å²) in [7, 11) is 4.33. The SMILES string of the molecule is CN1CCN(c2cccc3nc(CN(C)[C@H]4CCCc5cccnc54)c(CCC(N)=O)n23)CC1. The predicted molar refractivity (Wildman–Crippen MR) is 134 cm³/mol. The molecule has 8 heteroatoms. The van der Waals surface area contributed by atoms with Crippen LogP contribution in [-0.4, -0.2) is 70.4 Å². The summed E-state index contributed by atoms with van der Waals surface area (Å²) in [6.07, 6.45) is 6.16. The van der Waals surface area contributed by atoms with Gasteiger partial charge in [0.05, 0.1) is 17.4 Å². The van der Waals surface area contributed by atoms with Crippen LogP contribution in [0.2, 0.25) is 0 Å². The minimum Gasteiger partial charge on any atom is -0.370 e. The third-order valence-electron chi connectivity index (χ3n) is 7.33. The molecule has 1 aliphatic heterocycles. The number of carbonyl (C=O) groups excluding carboxylic acids is 1. The van der Waals surface area contributed by atoms with Gasteiger partial charge in [-0.1, -0.05) is 12.1 Å². The van der Waals surface area contributed by atoms with E-state index < -0.39 is 0 Å². The normalized spacial score (nSPS) is 19.0. The maximum atomic E-state index is 11.7. The van der Waals surface area contributed by atoms with Crippen molar-refractivity contribution in [2.24, 2.45) is 5.73 Å². The highest BCUT2D eigenvalue weighted by molar-refractivity contribution is 5.74. The largest absolute Gasteiger partial charge is 0.370 e. The average Bonchev–Trinajstić information content (AvgIpc) is 3.19. The van der Waals surface area contributed by atoms with E-state index in [0.29, 0.717) is 19.4 Å². The molecule has 2 aliphatic rings. The van der Waals surface area contributed by atoms with Crippen LogP contribution in [0.1, 0.15) is 47.9 Å². The maximum Gasteiger partial charge on any atom is 0.217 e. The first-order valence-corrected chi connectivity index (χ1v) is 12.4. The molecule has 0 radical (unpaired) electrons. The Morgan fingerprint density at radius 3 is 2.79 bits per heavy atom. The summed E-state index contributed by atoms with van der Waals surface area (Å²) in [6, 6.07) is 10.8. The topological polar surface area (TPSA) is 83.0 Å². The maximum absolute atomic E-state index is 11.7. The fourth-order valence-electron chi connectivity index (χ4n) is 5.45. The van der Waals surface area contributed by atoms with Crippen molar-refractivity contribution in [3.8, 4) is 0 Å². The summed E-state index contributed by atoms with van der Waals surface area (Å²) in [4.78, 5) is 28.7. The standard InChI is InChI=1S/C26H35N7O/c1-30-14-16-32(17-15-30)25-10-4-9-24-29-20(21(33(24)25)11-12-23(27)34)18-31(2)22-8-3-6-19-7-5-13-28-26(19)22/h4-5,7,9-10,13,22H,3,6,8,11-12,14-18H2,1-2H3,(H2,27,34)/t22-/m0/s1. The molecule has 1 aliphatic carbocycles. The quantitative estimate of drug-likeness (QED) is 0.582. The molecule has 3 aromatic rings. The fraction of sp³-hybridized carbons (Fsp3) is 0.500. The lowest BCUT2D eigenvalue weighted by atomic mass is 9.91. The first-order chi connectivity index (χ1) is 16.5. The molecule has 1 saturated heterocycles. The van der Waals surface area contributed by atoms with Gasteiger partial charge in [-0.05, 0) is 63.5 Å². The van der Waals surface area contributed by atoms with Gasteiger partial charge in [0, 0.05) is 51.0 Å². The number of anilines is 1. The Morgan fingerprint density at radius 2 is 2.00 bits per heavy atom. The number of amides is 1. The summed E-state index contributed by atoms with van der Waals surface area (Å²) >= 11 is 0. The minimum atomic E-state index is -0.281. The highest BCUT2D eigenvalue weighted by atomic mass is 16.1. The van der Waals surface area contributed by atoms with E-state index in [1.54, 1.807) is 0 Å². The van der Waals surface area contributed by atoms with Crippen LogP contribution in [0.3, 0.4) is 0 Å². The van der Waals surface area contributed by atoms with E-state index in [1.165, 1.54) is 17.7 Å². The van der Waals surface area contributed by atoms with Gasteiger partial charge >= 0.3 is 0 Å². The number of aryl methyl sites for hydroxylation is 2. The van der Waals surface area contributed by atoms with Gasteiger partial charge in [-0.25, -0.2) is 4.98 Å². The summed E-state index contributed by atoms with van der Waals surface area (Å²) in [5.41, 5.74) is 11.2. The van der Waals surface area contributed by atoms with Crippen molar-refractivity contribution in [1.29, 1.82) is 0 Å². The molecular weight excluding hydrogens is 426 g/mol. The van der Waals surface area contributed by atoms with Crippen molar-refractivity contribution in [1.82, 2.24) is 24.2 Å². The Kier molecular flexibility index (Phi) is 6.52. The second-order valence-electron chi connectivity index (χ2n) is 9.71. The van der Waals surface area contributed by atoms with Gasteiger partial charge in [-0.2, -0.15) is 0 Å². The van der Waals surface area contributed by atoms with E-state index >= 15 is 0 Å². The number of primary amides is 1. The number of nitrogens with two attached hydrogens (primary N) is 1. The van der Waals surface area contributed by atoms with Crippen molar-refractivity contribution in [3.63, 3.8) is 0 Å². The molecule has 0 unspecified atom stereocenters. The lowest BCUT2D eigenvalue weighted by Crippen LogP contribution is -2.45. The third-order valence-corrected chi connectivity index (χ3v) is 7.33. The number of rotatable bonds is 7. The van der Waals surface area contributed by atoms with E-state index in [4.69, 9.17) is 15.7 Å². The van der Waals surface area contributed by atoms with Crippen molar-refractivity contribution >= 4 is 17.4 Å². The zero-order valence-corrected chi connectivity index (χ0v) is 20.3. The molecule has 0 aromatic carbocycles. The Balaban J connectivity index is 1.50. The molecule has 180 valence electrons. The van der Waals surface area contributed by atoms with Crippen molar-refractivity contribution in [3.05, 3.63) is 59.2 Å². The van der Waals surface area contributed by atoms with Gasteiger partial charge in [0.25, 0.3) is 0 Å². The number of pyridine rings is 2. The molecule has 0 saturated carbocycles. The lowest BCUT2D eigenvalue weighted by molar-refractivity contribution is -0.118. The minimum absolute atomic E-state index is 0.274. The second-order valence-corrected chi connectivity index (χ2v) is 9.71. The predicted octanol–water partition coefficient (Wildman–Crippen LogP) is 2.41. The molecule has 34 heavy (non-hydrogen) atoms. The smallest absolute Gasteiger partial charge is 0.217 e. The summed E-state index contributed by atoms with van der Waals surface area (Å²) in [5.74, 6) is 0.868. The molecule has 1 atom stereocenters. The van der Waals surface area contributed by atoms with Crippen LogP contribution < -0.4 is 10.6 Å². The van der Waals surface area contributed by atoms with Crippen LogP contribution in [-0.2, 0) is 24.2 Å². The van der Waals surface area contributed by atoms with Crippen LogP contribution >= 0.6 is 0 Å². The summed E-state index contributed by atoms with van der Waals surface area (Å²) in [5, 5.41) is 0. The number of nitrogens with zero attached hydrogens (tertiary/aromatic N) is 6. The molecule has 5 rings (SSSR count). The highest BCUT2D eigenvalue weighted by Crippen LogP contribution is 2.33. The van der Waals surface area contributed by atoms with Gasteiger partial charge in [0.15, 0.2) is 0 Å². The third kappa shape index (κ3) is 4.52. The molecular formula is C26H35N7O. The van der Waals surface area contributed by atoms with Gasteiger partial charge < -0.3 is 15.5 Å².